The Balaban J connectivity index is 1.76. The number of amides is 1. The van der Waals surface area contributed by atoms with Crippen molar-refractivity contribution in [3.05, 3.63) is 0 Å². The molecule has 0 saturated heterocycles. The minimum atomic E-state index is -0.797. The van der Waals surface area contributed by atoms with Crippen LogP contribution in [0, 0.1) is 11.8 Å². The molecule has 0 aromatic carbocycles. The summed E-state index contributed by atoms with van der Waals surface area (Å²) >= 11 is 0. The lowest BCUT2D eigenvalue weighted by molar-refractivity contribution is -0.141. The van der Waals surface area contributed by atoms with E-state index in [1.165, 1.54) is 0 Å². The van der Waals surface area contributed by atoms with Gasteiger partial charge in [0.25, 0.3) is 0 Å². The number of nitrogens with one attached hydrogen (secondary N) is 1. The van der Waals surface area contributed by atoms with Gasteiger partial charge in [0.2, 0.25) is 5.91 Å². The molecule has 0 aliphatic heterocycles. The Morgan fingerprint density at radius 3 is 2.19 bits per heavy atom. The van der Waals surface area contributed by atoms with Gasteiger partial charge in [-0.2, -0.15) is 0 Å². The van der Waals surface area contributed by atoms with Gasteiger partial charge in [-0.25, -0.2) is 0 Å². The van der Waals surface area contributed by atoms with Crippen molar-refractivity contribution in [1.82, 2.24) is 5.32 Å². The Kier molecular flexibility index (Phi) is 3.14. The molecule has 90 valence electrons. The number of carbonyl (C=O) groups excluding carboxylic acids is 1. The van der Waals surface area contributed by atoms with Gasteiger partial charge >= 0.3 is 5.97 Å². The molecular weight excluding hydrogens is 210 g/mol. The zero-order valence-corrected chi connectivity index (χ0v) is 9.06. The van der Waals surface area contributed by atoms with Crippen molar-refractivity contribution in [2.24, 2.45) is 11.8 Å². The highest BCUT2D eigenvalue weighted by Gasteiger charge is 2.36. The van der Waals surface area contributed by atoms with Crippen LogP contribution >= 0.6 is 0 Å². The van der Waals surface area contributed by atoms with Gasteiger partial charge in [-0.05, 0) is 32.1 Å². The topological polar surface area (TPSA) is 86.6 Å². The Bertz CT molecular complexity index is 298. The van der Waals surface area contributed by atoms with Gasteiger partial charge in [0.05, 0.1) is 12.0 Å². The van der Waals surface area contributed by atoms with Crippen molar-refractivity contribution in [2.45, 2.75) is 44.2 Å². The van der Waals surface area contributed by atoms with Crippen LogP contribution in [-0.2, 0) is 9.59 Å². The summed E-state index contributed by atoms with van der Waals surface area (Å²) in [5.74, 6) is -1.35. The first-order valence-corrected chi connectivity index (χ1v) is 5.77. The molecule has 5 heteroatoms. The van der Waals surface area contributed by atoms with Crippen LogP contribution in [0.1, 0.15) is 32.1 Å². The summed E-state index contributed by atoms with van der Waals surface area (Å²) in [6.45, 7) is 0. The molecule has 2 unspecified atom stereocenters. The highest BCUT2D eigenvalue weighted by Crippen LogP contribution is 2.31. The van der Waals surface area contributed by atoms with Gasteiger partial charge in [0.1, 0.15) is 0 Å². The van der Waals surface area contributed by atoms with Crippen LogP contribution in [0.25, 0.3) is 0 Å². The van der Waals surface area contributed by atoms with Crippen molar-refractivity contribution in [3.63, 3.8) is 0 Å². The average molecular weight is 227 g/mol. The first-order chi connectivity index (χ1) is 7.56. The molecule has 0 radical (unpaired) electrons. The highest BCUT2D eigenvalue weighted by atomic mass is 16.4. The normalized spacial score (nSPS) is 37.8. The molecule has 2 aliphatic rings. The molecule has 0 bridgehead atoms. The first-order valence-electron chi connectivity index (χ1n) is 5.77. The first kappa shape index (κ1) is 11.4. The fourth-order valence-corrected chi connectivity index (χ4v) is 2.47. The van der Waals surface area contributed by atoms with Crippen LogP contribution in [0.2, 0.25) is 0 Å². The largest absolute Gasteiger partial charge is 0.481 e. The van der Waals surface area contributed by atoms with Crippen LogP contribution < -0.4 is 5.32 Å². The number of hydrogen-bond donors (Lipinski definition) is 3. The van der Waals surface area contributed by atoms with Crippen LogP contribution in [0.3, 0.4) is 0 Å². The Morgan fingerprint density at radius 1 is 1.06 bits per heavy atom. The van der Waals surface area contributed by atoms with E-state index in [1.54, 1.807) is 0 Å². The van der Waals surface area contributed by atoms with Gasteiger partial charge < -0.3 is 15.5 Å². The molecule has 2 rings (SSSR count). The molecule has 16 heavy (non-hydrogen) atoms. The van der Waals surface area contributed by atoms with E-state index < -0.39 is 5.97 Å². The van der Waals surface area contributed by atoms with Crippen molar-refractivity contribution in [2.75, 3.05) is 0 Å². The van der Waals surface area contributed by atoms with E-state index in [2.05, 4.69) is 5.32 Å². The third kappa shape index (κ3) is 2.35. The predicted molar refractivity (Wildman–Crippen MR) is 55.6 cm³/mol. The Morgan fingerprint density at radius 2 is 1.69 bits per heavy atom. The maximum atomic E-state index is 11.7. The zero-order chi connectivity index (χ0) is 11.7. The van der Waals surface area contributed by atoms with E-state index in [9.17, 15) is 9.59 Å². The summed E-state index contributed by atoms with van der Waals surface area (Å²) in [5, 5.41) is 20.8. The third-order valence-electron chi connectivity index (χ3n) is 3.61. The summed E-state index contributed by atoms with van der Waals surface area (Å²) in [6.07, 6.45) is 2.69. The predicted octanol–water partition coefficient (Wildman–Crippen LogP) is 0.127. The zero-order valence-electron chi connectivity index (χ0n) is 9.06. The summed E-state index contributed by atoms with van der Waals surface area (Å²) in [4.78, 5) is 22.5. The summed E-state index contributed by atoms with van der Waals surface area (Å²) in [6, 6.07) is 0.0892. The lowest BCUT2D eigenvalue weighted by Gasteiger charge is -2.32. The van der Waals surface area contributed by atoms with Gasteiger partial charge in [-0.15, -0.1) is 0 Å². The smallest absolute Gasteiger partial charge is 0.306 e. The molecule has 2 fully saturated rings. The van der Waals surface area contributed by atoms with Crippen LogP contribution in [-0.4, -0.2) is 34.2 Å². The molecule has 0 aromatic heterocycles. The molecule has 2 aliphatic carbocycles. The number of aliphatic hydroxyl groups is 1. The molecule has 1 amide bonds. The lowest BCUT2D eigenvalue weighted by Crippen LogP contribution is -2.48. The molecule has 3 N–H and O–H groups in total. The molecule has 2 saturated carbocycles. The fraction of sp³-hybridized carbons (Fsp3) is 0.818. The van der Waals surface area contributed by atoms with Gasteiger partial charge in [-0.3, -0.25) is 9.59 Å². The molecule has 0 spiro atoms. The number of carbonyl (C=O) groups is 2. The van der Waals surface area contributed by atoms with Crippen LogP contribution in [0.4, 0.5) is 0 Å². The number of aliphatic carboxylic acids is 1. The van der Waals surface area contributed by atoms with Crippen molar-refractivity contribution >= 4 is 11.9 Å². The summed E-state index contributed by atoms with van der Waals surface area (Å²) in [5.41, 5.74) is 0. The molecular formula is C11H17NO4. The molecule has 0 aromatic rings. The summed E-state index contributed by atoms with van der Waals surface area (Å²) in [7, 11) is 0. The minimum Gasteiger partial charge on any atom is -0.481 e. The van der Waals surface area contributed by atoms with Crippen molar-refractivity contribution in [1.29, 1.82) is 0 Å². The number of hydrogen-bond acceptors (Lipinski definition) is 3. The van der Waals surface area contributed by atoms with Gasteiger partial charge in [0, 0.05) is 12.0 Å². The molecule has 2 atom stereocenters. The summed E-state index contributed by atoms with van der Waals surface area (Å²) < 4.78 is 0. The van der Waals surface area contributed by atoms with Gasteiger partial charge in [0.15, 0.2) is 0 Å². The van der Waals surface area contributed by atoms with E-state index in [0.717, 1.165) is 0 Å². The minimum absolute atomic E-state index is 0.0411. The molecule has 0 heterocycles. The Labute approximate surface area is 93.8 Å². The Hall–Kier alpha value is -1.10. The maximum absolute atomic E-state index is 11.7. The van der Waals surface area contributed by atoms with E-state index in [4.69, 9.17) is 10.2 Å². The van der Waals surface area contributed by atoms with Crippen LogP contribution in [0.15, 0.2) is 0 Å². The SMILES string of the molecule is O=C(O)C1CCC(C(=O)NC2CC(O)C2)C1. The maximum Gasteiger partial charge on any atom is 0.306 e. The second-order valence-corrected chi connectivity index (χ2v) is 4.88. The molecule has 5 nitrogen and oxygen atoms in total. The number of rotatable bonds is 3. The van der Waals surface area contributed by atoms with Crippen molar-refractivity contribution in [3.8, 4) is 0 Å². The average Bonchev–Trinajstić information content (AvgIpc) is 2.63. The quantitative estimate of drug-likeness (QED) is 0.639. The fourth-order valence-electron chi connectivity index (χ4n) is 2.47. The highest BCUT2D eigenvalue weighted by molar-refractivity contribution is 5.81. The van der Waals surface area contributed by atoms with E-state index >= 15 is 0 Å². The van der Waals surface area contributed by atoms with Gasteiger partial charge in [-0.1, -0.05) is 0 Å². The van der Waals surface area contributed by atoms with E-state index in [0.29, 0.717) is 32.1 Å². The second-order valence-electron chi connectivity index (χ2n) is 4.88. The number of aliphatic hydroxyl groups excluding tert-OH is 1. The lowest BCUT2D eigenvalue weighted by atomic mass is 9.89. The number of carboxylic acid groups (broad SMARTS) is 1. The van der Waals surface area contributed by atoms with Crippen LogP contribution in [0.5, 0.6) is 0 Å². The standard InChI is InChI=1S/C11H17NO4/c13-9-4-8(5-9)12-10(14)6-1-2-7(3-6)11(15)16/h6-9,13H,1-5H2,(H,12,14)(H,15,16). The van der Waals surface area contributed by atoms with Crippen molar-refractivity contribution < 1.29 is 19.8 Å². The van der Waals surface area contributed by atoms with E-state index in [-0.39, 0.29) is 29.9 Å². The third-order valence-corrected chi connectivity index (χ3v) is 3.61. The monoisotopic (exact) mass is 227 g/mol. The van der Waals surface area contributed by atoms with E-state index in [1.807, 2.05) is 0 Å². The second kappa shape index (κ2) is 4.41. The number of carboxylic acids is 1.